The van der Waals surface area contributed by atoms with Crippen molar-refractivity contribution in [3.05, 3.63) is 75.3 Å². The molecule has 3 N–H and O–H groups in total. The Balaban J connectivity index is 2.60. The SMILES string of the molecule is CSC(SC)=C(C(=O)c1cccc(F)c1)C(=O)c1cccc(S(=O)(=O)/N=C(\N)C(C)(C)O)c1. The average Bonchev–Trinajstić information content (AvgIpc) is 2.75. The van der Waals surface area contributed by atoms with Gasteiger partial charge >= 0.3 is 0 Å². The van der Waals surface area contributed by atoms with E-state index in [2.05, 4.69) is 4.40 Å². The van der Waals surface area contributed by atoms with Crippen LogP contribution in [0.3, 0.4) is 0 Å². The van der Waals surface area contributed by atoms with Crippen LogP contribution in [0.15, 0.2) is 67.6 Å². The lowest BCUT2D eigenvalue weighted by Gasteiger charge is -2.16. The molecule has 0 radical (unpaired) electrons. The minimum Gasteiger partial charge on any atom is -0.384 e. The predicted molar refractivity (Wildman–Crippen MR) is 131 cm³/mol. The van der Waals surface area contributed by atoms with Crippen LogP contribution in [-0.2, 0) is 10.0 Å². The van der Waals surface area contributed by atoms with Gasteiger partial charge < -0.3 is 10.8 Å². The Bertz CT molecular complexity index is 1240. The van der Waals surface area contributed by atoms with Crippen molar-refractivity contribution in [1.82, 2.24) is 0 Å². The van der Waals surface area contributed by atoms with Crippen molar-refractivity contribution in [1.29, 1.82) is 0 Å². The zero-order valence-corrected chi connectivity index (χ0v) is 20.8. The summed E-state index contributed by atoms with van der Waals surface area (Å²) >= 11 is 2.34. The van der Waals surface area contributed by atoms with Crippen molar-refractivity contribution in [3.8, 4) is 0 Å². The van der Waals surface area contributed by atoms with E-state index in [4.69, 9.17) is 5.73 Å². The molecule has 0 unspecified atom stereocenters. The second-order valence-corrected chi connectivity index (χ2v) is 10.8. The molecule has 0 aromatic heterocycles. The van der Waals surface area contributed by atoms with Crippen LogP contribution in [0.1, 0.15) is 34.6 Å². The van der Waals surface area contributed by atoms with E-state index in [9.17, 15) is 27.5 Å². The quantitative estimate of drug-likeness (QED) is 0.131. The number of hydrogen-bond acceptors (Lipinski definition) is 7. The Morgan fingerprint density at radius 3 is 2.00 bits per heavy atom. The Morgan fingerprint density at radius 1 is 1.00 bits per heavy atom. The maximum Gasteiger partial charge on any atom is 0.284 e. The van der Waals surface area contributed by atoms with Crippen molar-refractivity contribution >= 4 is 50.9 Å². The number of carbonyl (C=O) groups excluding carboxylic acids is 2. The number of rotatable bonds is 9. The number of allylic oxidation sites excluding steroid dienone is 1. The van der Waals surface area contributed by atoms with Crippen LogP contribution in [0.2, 0.25) is 0 Å². The summed E-state index contributed by atoms with van der Waals surface area (Å²) in [6.07, 6.45) is 3.37. The minimum atomic E-state index is -4.34. The van der Waals surface area contributed by atoms with Gasteiger partial charge in [-0.15, -0.1) is 27.9 Å². The van der Waals surface area contributed by atoms with Crippen LogP contribution < -0.4 is 5.73 Å². The van der Waals surface area contributed by atoms with Crippen molar-refractivity contribution in [2.24, 2.45) is 10.1 Å². The molecule has 11 heteroatoms. The van der Waals surface area contributed by atoms with Crippen LogP contribution >= 0.6 is 23.5 Å². The van der Waals surface area contributed by atoms with Crippen LogP contribution in [0, 0.1) is 5.82 Å². The monoisotopic (exact) mass is 510 g/mol. The molecule has 7 nitrogen and oxygen atoms in total. The number of Topliss-reactive ketones (excluding diaryl/α,β-unsaturated/α-hetero) is 2. The second-order valence-electron chi connectivity index (χ2n) is 7.28. The molecule has 0 saturated heterocycles. The summed E-state index contributed by atoms with van der Waals surface area (Å²) in [6.45, 7) is 2.56. The summed E-state index contributed by atoms with van der Waals surface area (Å²) < 4.78 is 42.8. The van der Waals surface area contributed by atoms with Crippen LogP contribution in [0.25, 0.3) is 0 Å². The molecule has 0 saturated carbocycles. The smallest absolute Gasteiger partial charge is 0.284 e. The van der Waals surface area contributed by atoms with Crippen molar-refractivity contribution in [3.63, 3.8) is 0 Å². The van der Waals surface area contributed by atoms with E-state index in [1.807, 2.05) is 0 Å². The molecular weight excluding hydrogens is 487 g/mol. The van der Waals surface area contributed by atoms with Gasteiger partial charge in [0.1, 0.15) is 17.3 Å². The highest BCUT2D eigenvalue weighted by molar-refractivity contribution is 8.21. The first kappa shape index (κ1) is 26.8. The molecule has 2 aromatic rings. The fraction of sp³-hybridized carbons (Fsp3) is 0.227. The first-order valence-corrected chi connectivity index (χ1v) is 13.3. The van der Waals surface area contributed by atoms with Crippen molar-refractivity contribution in [2.75, 3.05) is 12.5 Å². The van der Waals surface area contributed by atoms with Gasteiger partial charge in [-0.3, -0.25) is 9.59 Å². The van der Waals surface area contributed by atoms with E-state index in [1.54, 1.807) is 12.5 Å². The number of ketones is 2. The Labute approximate surface area is 200 Å². The number of thioether (sulfide) groups is 2. The summed E-state index contributed by atoms with van der Waals surface area (Å²) in [5.41, 5.74) is 3.63. The molecule has 2 aromatic carbocycles. The number of nitrogens with two attached hydrogens (primary N) is 1. The molecule has 0 aliphatic rings. The molecule has 0 fully saturated rings. The molecule has 0 aliphatic carbocycles. The lowest BCUT2D eigenvalue weighted by atomic mass is 9.97. The summed E-state index contributed by atoms with van der Waals surface area (Å²) in [5.74, 6) is -2.55. The number of amidine groups is 1. The first-order chi connectivity index (χ1) is 15.3. The molecule has 0 spiro atoms. The number of sulfonamides is 1. The topological polar surface area (TPSA) is 127 Å². The lowest BCUT2D eigenvalue weighted by molar-refractivity contribution is 0.0962. The van der Waals surface area contributed by atoms with E-state index in [0.717, 1.165) is 12.1 Å². The van der Waals surface area contributed by atoms with E-state index in [0.29, 0.717) is 4.24 Å². The number of carbonyl (C=O) groups is 2. The molecular formula is C22H23FN2O5S3. The molecule has 0 amide bonds. The maximum absolute atomic E-state index is 13.7. The normalized spacial score (nSPS) is 12.4. The summed E-state index contributed by atoms with van der Waals surface area (Å²) in [4.78, 5) is 26.2. The molecule has 0 bridgehead atoms. The van der Waals surface area contributed by atoms with Crippen molar-refractivity contribution in [2.45, 2.75) is 24.3 Å². The Kier molecular flexibility index (Phi) is 8.63. The van der Waals surface area contributed by atoms with Gasteiger partial charge in [0, 0.05) is 11.1 Å². The highest BCUT2D eigenvalue weighted by Gasteiger charge is 2.27. The molecule has 0 atom stereocenters. The van der Waals surface area contributed by atoms with Gasteiger partial charge in [-0.05, 0) is 50.6 Å². The molecule has 33 heavy (non-hydrogen) atoms. The van der Waals surface area contributed by atoms with Crippen LogP contribution in [0.5, 0.6) is 0 Å². The van der Waals surface area contributed by atoms with Gasteiger partial charge in [0.25, 0.3) is 10.0 Å². The molecule has 176 valence electrons. The van der Waals surface area contributed by atoms with E-state index in [1.165, 1.54) is 73.8 Å². The van der Waals surface area contributed by atoms with E-state index >= 15 is 0 Å². The third-order valence-electron chi connectivity index (χ3n) is 4.36. The van der Waals surface area contributed by atoms with Crippen molar-refractivity contribution < 1.29 is 27.5 Å². The summed E-state index contributed by atoms with van der Waals surface area (Å²) in [7, 11) is -4.34. The minimum absolute atomic E-state index is 0.00900. The highest BCUT2D eigenvalue weighted by Crippen LogP contribution is 2.32. The van der Waals surface area contributed by atoms with Gasteiger partial charge in [-0.2, -0.15) is 8.42 Å². The second kappa shape index (κ2) is 10.6. The number of benzene rings is 2. The van der Waals surface area contributed by atoms with Crippen LogP contribution in [-0.4, -0.2) is 49.0 Å². The van der Waals surface area contributed by atoms with E-state index in [-0.39, 0.29) is 21.6 Å². The molecule has 2 rings (SSSR count). The van der Waals surface area contributed by atoms with E-state index < -0.39 is 38.8 Å². The number of nitrogens with zero attached hydrogens (tertiary/aromatic N) is 1. The largest absolute Gasteiger partial charge is 0.384 e. The van der Waals surface area contributed by atoms with Gasteiger partial charge in [0.05, 0.1) is 14.7 Å². The zero-order chi connectivity index (χ0) is 25.0. The summed E-state index contributed by atoms with van der Waals surface area (Å²) in [5, 5.41) is 9.87. The number of aliphatic hydroxyl groups is 1. The fourth-order valence-corrected chi connectivity index (χ4v) is 5.15. The third-order valence-corrected chi connectivity index (χ3v) is 7.79. The zero-order valence-electron chi connectivity index (χ0n) is 18.3. The first-order valence-electron chi connectivity index (χ1n) is 9.42. The highest BCUT2D eigenvalue weighted by atomic mass is 32.2. The number of hydrogen-bond donors (Lipinski definition) is 2. The van der Waals surface area contributed by atoms with Gasteiger partial charge in [0.15, 0.2) is 11.6 Å². The maximum atomic E-state index is 13.7. The Hall–Kier alpha value is -2.47. The number of halogens is 1. The Morgan fingerprint density at radius 2 is 1.52 bits per heavy atom. The van der Waals surface area contributed by atoms with Gasteiger partial charge in [0.2, 0.25) is 0 Å². The average molecular weight is 511 g/mol. The predicted octanol–water partition coefficient (Wildman–Crippen LogP) is 3.65. The van der Waals surface area contributed by atoms with Gasteiger partial charge in [-0.25, -0.2) is 4.39 Å². The van der Waals surface area contributed by atoms with Crippen LogP contribution in [0.4, 0.5) is 4.39 Å². The third kappa shape index (κ3) is 6.53. The summed E-state index contributed by atoms with van der Waals surface area (Å²) in [6, 6.07) is 9.96. The standard InChI is InChI=1S/C22H23FN2O5S3/c1-22(2,28)21(24)25-33(29,30)16-10-6-8-14(12-16)19(27)17(20(31-3)32-4)18(26)13-7-5-9-15(23)11-13/h5-12,28H,1-4H3,(H2,24,25). The van der Waals surface area contributed by atoms with Gasteiger partial charge in [-0.1, -0.05) is 24.3 Å². The molecule has 0 aliphatic heterocycles. The fourth-order valence-electron chi connectivity index (χ4n) is 2.59. The molecule has 0 heterocycles. The lowest BCUT2D eigenvalue weighted by Crippen LogP contribution is -2.38.